The number of halogens is 1. The van der Waals surface area contributed by atoms with Crippen LogP contribution >= 0.6 is 15.9 Å². The number of pyridine rings is 1. The molecule has 0 aromatic carbocycles. The molecule has 5 heteroatoms. The molecule has 19 heavy (non-hydrogen) atoms. The zero-order valence-electron chi connectivity index (χ0n) is 11.1. The maximum absolute atomic E-state index is 12.7. The summed E-state index contributed by atoms with van der Waals surface area (Å²) in [5.41, 5.74) is 0.610. The molecule has 1 amide bonds. The van der Waals surface area contributed by atoms with E-state index in [1.807, 2.05) is 4.90 Å². The van der Waals surface area contributed by atoms with Crippen LogP contribution in [0.2, 0.25) is 0 Å². The molecule has 2 heterocycles. The van der Waals surface area contributed by atoms with Crippen LogP contribution in [0.3, 0.4) is 0 Å². The molecule has 1 aliphatic rings. The van der Waals surface area contributed by atoms with Gasteiger partial charge in [-0.05, 0) is 31.7 Å². The number of carbonyl (C=O) groups excluding carboxylic acids is 1. The van der Waals surface area contributed by atoms with Crippen molar-refractivity contribution in [2.24, 2.45) is 0 Å². The fourth-order valence-corrected chi connectivity index (χ4v) is 3.10. The number of methoxy groups -OCH3 is 1. The molecule has 1 fully saturated rings. The summed E-state index contributed by atoms with van der Waals surface area (Å²) >= 11 is 3.47. The smallest absolute Gasteiger partial charge is 0.257 e. The number of alkyl halides is 1. The highest BCUT2D eigenvalue weighted by molar-refractivity contribution is 9.09. The normalized spacial score (nSPS) is 19.3. The van der Waals surface area contributed by atoms with Crippen molar-refractivity contribution in [3.63, 3.8) is 0 Å². The molecule has 0 radical (unpaired) electrons. The minimum absolute atomic E-state index is 0.0601. The predicted molar refractivity (Wildman–Crippen MR) is 77.9 cm³/mol. The van der Waals surface area contributed by atoms with Crippen LogP contribution in [0.15, 0.2) is 18.5 Å². The Hall–Kier alpha value is -1.10. The third kappa shape index (κ3) is 3.26. The van der Waals surface area contributed by atoms with Crippen LogP contribution < -0.4 is 4.74 Å². The molecule has 0 N–H and O–H groups in total. The Kier molecular flexibility index (Phi) is 5.19. The summed E-state index contributed by atoms with van der Waals surface area (Å²) in [7, 11) is 1.57. The minimum atomic E-state index is 0.0601. The second-order valence-corrected chi connectivity index (χ2v) is 5.49. The molecule has 0 saturated carbocycles. The first-order valence-electron chi connectivity index (χ1n) is 6.63. The topological polar surface area (TPSA) is 42.4 Å². The Morgan fingerprint density at radius 1 is 1.58 bits per heavy atom. The Balaban J connectivity index is 2.21. The van der Waals surface area contributed by atoms with E-state index < -0.39 is 0 Å². The first-order valence-corrected chi connectivity index (χ1v) is 7.75. The number of hydrogen-bond donors (Lipinski definition) is 0. The maximum Gasteiger partial charge on any atom is 0.257 e. The lowest BCUT2D eigenvalue weighted by Gasteiger charge is -2.35. The zero-order chi connectivity index (χ0) is 13.7. The van der Waals surface area contributed by atoms with Gasteiger partial charge in [0, 0.05) is 24.1 Å². The van der Waals surface area contributed by atoms with E-state index in [1.54, 1.807) is 25.6 Å². The lowest BCUT2D eigenvalue weighted by Crippen LogP contribution is -2.44. The summed E-state index contributed by atoms with van der Waals surface area (Å²) in [6.45, 7) is 0.835. The standard InChI is InChI=1S/C14H19BrN2O2/c1-19-13-10-16-8-6-12(13)14(18)17-9-3-2-4-11(17)5-7-15/h6,8,10-11H,2-5,7,9H2,1H3. The molecule has 0 spiro atoms. The van der Waals surface area contributed by atoms with Gasteiger partial charge in [-0.15, -0.1) is 0 Å². The number of nitrogens with zero attached hydrogens (tertiary/aromatic N) is 2. The van der Waals surface area contributed by atoms with Crippen LogP contribution in [0.1, 0.15) is 36.0 Å². The fraction of sp³-hybridized carbons (Fsp3) is 0.571. The van der Waals surface area contributed by atoms with Crippen LogP contribution in [0.4, 0.5) is 0 Å². The van der Waals surface area contributed by atoms with Gasteiger partial charge in [-0.25, -0.2) is 0 Å². The van der Waals surface area contributed by atoms with E-state index >= 15 is 0 Å². The molecule has 1 aromatic heterocycles. The molecule has 1 aromatic rings. The van der Waals surface area contributed by atoms with E-state index in [4.69, 9.17) is 4.74 Å². The van der Waals surface area contributed by atoms with Gasteiger partial charge < -0.3 is 9.64 Å². The second-order valence-electron chi connectivity index (χ2n) is 4.70. The van der Waals surface area contributed by atoms with Crippen molar-refractivity contribution in [3.8, 4) is 5.75 Å². The molecule has 2 rings (SSSR count). The summed E-state index contributed by atoms with van der Waals surface area (Å²) in [5.74, 6) is 0.612. The third-order valence-corrected chi connectivity index (χ3v) is 4.02. The molecule has 1 saturated heterocycles. The number of likely N-dealkylation sites (tertiary alicyclic amines) is 1. The number of hydrogen-bond acceptors (Lipinski definition) is 3. The summed E-state index contributed by atoms with van der Waals surface area (Å²) < 4.78 is 5.23. The molecule has 0 bridgehead atoms. The Bertz CT molecular complexity index is 437. The van der Waals surface area contributed by atoms with Crippen LogP contribution in [-0.2, 0) is 0 Å². The molecule has 1 atom stereocenters. The number of amides is 1. The van der Waals surface area contributed by atoms with Crippen LogP contribution in [0, 0.1) is 0 Å². The molecule has 1 unspecified atom stereocenters. The Labute approximate surface area is 122 Å². The first-order chi connectivity index (χ1) is 9.27. The van der Waals surface area contributed by atoms with Crippen molar-refractivity contribution in [3.05, 3.63) is 24.0 Å². The first kappa shape index (κ1) is 14.3. The van der Waals surface area contributed by atoms with Crippen molar-refractivity contribution in [1.29, 1.82) is 0 Å². The number of ether oxygens (including phenoxy) is 1. The number of rotatable bonds is 4. The lowest BCUT2D eigenvalue weighted by atomic mass is 9.99. The largest absolute Gasteiger partial charge is 0.494 e. The summed E-state index contributed by atoms with van der Waals surface area (Å²) in [6, 6.07) is 2.07. The minimum Gasteiger partial charge on any atom is -0.494 e. The van der Waals surface area contributed by atoms with E-state index in [-0.39, 0.29) is 5.91 Å². The van der Waals surface area contributed by atoms with E-state index in [0.717, 1.165) is 31.1 Å². The SMILES string of the molecule is COc1cnccc1C(=O)N1CCCCC1CCBr. The van der Waals surface area contributed by atoms with Gasteiger partial charge in [0.15, 0.2) is 0 Å². The van der Waals surface area contributed by atoms with E-state index in [0.29, 0.717) is 17.4 Å². The van der Waals surface area contributed by atoms with Crippen LogP contribution in [0.25, 0.3) is 0 Å². The fourth-order valence-electron chi connectivity index (χ4n) is 2.57. The predicted octanol–water partition coefficient (Wildman–Crippen LogP) is 2.87. The summed E-state index contributed by atoms with van der Waals surface area (Å²) in [4.78, 5) is 18.7. The molecule has 104 valence electrons. The highest BCUT2D eigenvalue weighted by atomic mass is 79.9. The maximum atomic E-state index is 12.7. The lowest BCUT2D eigenvalue weighted by molar-refractivity contribution is 0.0606. The molecule has 1 aliphatic heterocycles. The number of carbonyl (C=O) groups is 1. The van der Waals surface area contributed by atoms with Gasteiger partial charge in [0.25, 0.3) is 5.91 Å². The van der Waals surface area contributed by atoms with Gasteiger partial charge in [-0.3, -0.25) is 9.78 Å². The molecule has 4 nitrogen and oxygen atoms in total. The van der Waals surface area contributed by atoms with Crippen molar-refractivity contribution in [1.82, 2.24) is 9.88 Å². The number of piperidine rings is 1. The Morgan fingerprint density at radius 3 is 3.16 bits per heavy atom. The van der Waals surface area contributed by atoms with Crippen molar-refractivity contribution >= 4 is 21.8 Å². The summed E-state index contributed by atoms with van der Waals surface area (Å²) in [6.07, 6.45) is 7.60. The number of aromatic nitrogens is 1. The molecular weight excluding hydrogens is 308 g/mol. The second kappa shape index (κ2) is 6.89. The highest BCUT2D eigenvalue weighted by Crippen LogP contribution is 2.25. The monoisotopic (exact) mass is 326 g/mol. The van der Waals surface area contributed by atoms with Gasteiger partial charge in [0.05, 0.1) is 18.9 Å². The average Bonchev–Trinajstić information content (AvgIpc) is 2.47. The van der Waals surface area contributed by atoms with E-state index in [2.05, 4.69) is 20.9 Å². The quantitative estimate of drug-likeness (QED) is 0.799. The van der Waals surface area contributed by atoms with Gasteiger partial charge in [-0.1, -0.05) is 15.9 Å². The van der Waals surface area contributed by atoms with Gasteiger partial charge in [-0.2, -0.15) is 0 Å². The van der Waals surface area contributed by atoms with Gasteiger partial charge >= 0.3 is 0 Å². The molecule has 0 aliphatic carbocycles. The van der Waals surface area contributed by atoms with Crippen molar-refractivity contribution in [2.45, 2.75) is 31.7 Å². The van der Waals surface area contributed by atoms with Gasteiger partial charge in [0.2, 0.25) is 0 Å². The van der Waals surface area contributed by atoms with Crippen molar-refractivity contribution in [2.75, 3.05) is 19.0 Å². The van der Waals surface area contributed by atoms with Crippen LogP contribution in [0.5, 0.6) is 5.75 Å². The van der Waals surface area contributed by atoms with E-state index in [9.17, 15) is 4.79 Å². The molecular formula is C14H19BrN2O2. The average molecular weight is 327 g/mol. The third-order valence-electron chi connectivity index (χ3n) is 3.57. The summed E-state index contributed by atoms with van der Waals surface area (Å²) in [5, 5.41) is 0.926. The van der Waals surface area contributed by atoms with Crippen molar-refractivity contribution < 1.29 is 9.53 Å². The van der Waals surface area contributed by atoms with Crippen LogP contribution in [-0.4, -0.2) is 40.8 Å². The van der Waals surface area contributed by atoms with Gasteiger partial charge in [0.1, 0.15) is 5.75 Å². The van der Waals surface area contributed by atoms with E-state index in [1.165, 1.54) is 6.42 Å². The highest BCUT2D eigenvalue weighted by Gasteiger charge is 2.28. The zero-order valence-corrected chi connectivity index (χ0v) is 12.7. The Morgan fingerprint density at radius 2 is 2.42 bits per heavy atom.